The molecule has 0 unspecified atom stereocenters. The number of nitrogens with one attached hydrogen (secondary N) is 1. The van der Waals surface area contributed by atoms with Crippen molar-refractivity contribution >= 4 is 11.6 Å². The Labute approximate surface area is 101 Å². The minimum Gasteiger partial charge on any atom is -0.349 e. The van der Waals surface area contributed by atoms with Crippen LogP contribution in [0.15, 0.2) is 18.3 Å². The molecule has 0 aliphatic rings. The summed E-state index contributed by atoms with van der Waals surface area (Å²) in [7, 11) is 0. The van der Waals surface area contributed by atoms with Gasteiger partial charge in [0.05, 0.1) is 5.69 Å². The molecule has 1 amide bonds. The second-order valence-corrected chi connectivity index (χ2v) is 4.61. The Balaban J connectivity index is 2.55. The molecule has 0 aliphatic heterocycles. The molecular weight excluding hydrogens is 214 g/mol. The summed E-state index contributed by atoms with van der Waals surface area (Å²) in [6, 6.07) is 4.04. The van der Waals surface area contributed by atoms with E-state index < -0.39 is 0 Å². The van der Waals surface area contributed by atoms with Gasteiger partial charge in [-0.2, -0.15) is 0 Å². The van der Waals surface area contributed by atoms with Crippen molar-refractivity contribution in [2.75, 3.05) is 0 Å². The van der Waals surface area contributed by atoms with Crippen LogP contribution in [0.2, 0.25) is 0 Å². The number of hydrogen-bond acceptors (Lipinski definition) is 2. The number of aryl methyl sites for hydroxylation is 2. The molecule has 0 spiro atoms. The van der Waals surface area contributed by atoms with Gasteiger partial charge in [0.25, 0.3) is 5.91 Å². The molecule has 0 fully saturated rings. The fraction of sp³-hybridized carbons (Fsp3) is 0.385. The Hall–Kier alpha value is -1.84. The van der Waals surface area contributed by atoms with Crippen molar-refractivity contribution in [3.63, 3.8) is 0 Å². The topological polar surface area (TPSA) is 46.4 Å². The maximum atomic E-state index is 12.1. The van der Waals surface area contributed by atoms with Gasteiger partial charge in [0.1, 0.15) is 11.3 Å². The second-order valence-electron chi connectivity index (χ2n) is 4.61. The van der Waals surface area contributed by atoms with Crippen LogP contribution in [0.4, 0.5) is 0 Å². The Bertz CT molecular complexity index is 569. The highest BCUT2D eigenvalue weighted by atomic mass is 16.2. The van der Waals surface area contributed by atoms with Crippen LogP contribution < -0.4 is 5.32 Å². The Morgan fingerprint density at radius 3 is 2.71 bits per heavy atom. The molecule has 4 nitrogen and oxygen atoms in total. The zero-order chi connectivity index (χ0) is 12.6. The highest BCUT2D eigenvalue weighted by Crippen LogP contribution is 2.13. The fourth-order valence-corrected chi connectivity index (χ4v) is 1.87. The number of hydrogen-bond donors (Lipinski definition) is 1. The lowest BCUT2D eigenvalue weighted by Gasteiger charge is -2.08. The van der Waals surface area contributed by atoms with Crippen LogP contribution in [0.25, 0.3) is 5.65 Å². The molecule has 0 aliphatic carbocycles. The van der Waals surface area contributed by atoms with Crippen LogP contribution in [0.1, 0.15) is 35.6 Å². The minimum atomic E-state index is -0.0735. The lowest BCUT2D eigenvalue weighted by molar-refractivity contribution is 0.0936. The Kier molecular flexibility index (Phi) is 2.88. The van der Waals surface area contributed by atoms with Gasteiger partial charge in [-0.3, -0.25) is 9.20 Å². The molecule has 90 valence electrons. The molecule has 0 saturated heterocycles. The summed E-state index contributed by atoms with van der Waals surface area (Å²) >= 11 is 0. The molecule has 0 aromatic carbocycles. The lowest BCUT2D eigenvalue weighted by atomic mass is 10.3. The van der Waals surface area contributed by atoms with Gasteiger partial charge in [-0.25, -0.2) is 4.98 Å². The Morgan fingerprint density at radius 2 is 2.06 bits per heavy atom. The van der Waals surface area contributed by atoms with E-state index in [1.165, 1.54) is 0 Å². The maximum Gasteiger partial charge on any atom is 0.270 e. The van der Waals surface area contributed by atoms with Gasteiger partial charge in [-0.1, -0.05) is 6.07 Å². The maximum absolute atomic E-state index is 12.1. The van der Waals surface area contributed by atoms with Gasteiger partial charge in [-0.05, 0) is 39.3 Å². The third kappa shape index (κ3) is 2.16. The average Bonchev–Trinajstić information content (AvgIpc) is 2.52. The first-order valence-corrected chi connectivity index (χ1v) is 5.75. The van der Waals surface area contributed by atoms with Gasteiger partial charge in [-0.15, -0.1) is 0 Å². The standard InChI is InChI=1S/C13H17N3O/c1-8(2)14-13(17)12-10(4)15-11-6-5-9(3)7-16(11)12/h5-8H,1-4H3,(H,14,17). The molecule has 17 heavy (non-hydrogen) atoms. The third-order valence-corrected chi connectivity index (χ3v) is 2.58. The monoisotopic (exact) mass is 231 g/mol. The van der Waals surface area contributed by atoms with Crippen LogP contribution >= 0.6 is 0 Å². The van der Waals surface area contributed by atoms with Crippen molar-refractivity contribution in [2.24, 2.45) is 0 Å². The summed E-state index contributed by atoms with van der Waals surface area (Å²) in [6.07, 6.45) is 1.94. The number of rotatable bonds is 2. The van der Waals surface area contributed by atoms with Crippen LogP contribution in [0.5, 0.6) is 0 Å². The van der Waals surface area contributed by atoms with E-state index in [1.807, 2.05) is 50.4 Å². The number of amides is 1. The predicted molar refractivity (Wildman–Crippen MR) is 67.3 cm³/mol. The van der Waals surface area contributed by atoms with Gasteiger partial charge < -0.3 is 5.32 Å². The van der Waals surface area contributed by atoms with Crippen molar-refractivity contribution in [1.82, 2.24) is 14.7 Å². The molecule has 2 aromatic heterocycles. The van der Waals surface area contributed by atoms with Crippen molar-refractivity contribution in [1.29, 1.82) is 0 Å². The normalized spacial score (nSPS) is 11.1. The number of fused-ring (bicyclic) bond motifs is 1. The van der Waals surface area contributed by atoms with Gasteiger partial charge in [0, 0.05) is 12.2 Å². The smallest absolute Gasteiger partial charge is 0.270 e. The molecule has 1 N–H and O–H groups in total. The van der Waals surface area contributed by atoms with E-state index in [4.69, 9.17) is 0 Å². The summed E-state index contributed by atoms with van der Waals surface area (Å²) in [5.74, 6) is -0.0735. The van der Waals surface area contributed by atoms with Crippen LogP contribution in [-0.4, -0.2) is 21.3 Å². The number of pyridine rings is 1. The van der Waals surface area contributed by atoms with E-state index in [1.54, 1.807) is 0 Å². The van der Waals surface area contributed by atoms with E-state index in [0.717, 1.165) is 16.9 Å². The van der Waals surface area contributed by atoms with Gasteiger partial charge in [0.15, 0.2) is 0 Å². The zero-order valence-corrected chi connectivity index (χ0v) is 10.6. The molecule has 0 radical (unpaired) electrons. The van der Waals surface area contributed by atoms with Crippen molar-refractivity contribution in [2.45, 2.75) is 33.7 Å². The summed E-state index contributed by atoms with van der Waals surface area (Å²) < 4.78 is 1.85. The Morgan fingerprint density at radius 1 is 1.35 bits per heavy atom. The van der Waals surface area contributed by atoms with Crippen molar-refractivity contribution in [3.8, 4) is 0 Å². The molecule has 2 aromatic rings. The van der Waals surface area contributed by atoms with Crippen LogP contribution in [-0.2, 0) is 0 Å². The molecule has 0 saturated carbocycles. The fourth-order valence-electron chi connectivity index (χ4n) is 1.87. The summed E-state index contributed by atoms with van der Waals surface area (Å²) in [4.78, 5) is 16.5. The second kappa shape index (κ2) is 4.20. The number of carbonyl (C=O) groups excluding carboxylic acids is 1. The molecule has 4 heteroatoms. The molecule has 0 atom stereocenters. The first kappa shape index (κ1) is 11.6. The van der Waals surface area contributed by atoms with Crippen LogP contribution in [0, 0.1) is 13.8 Å². The average molecular weight is 231 g/mol. The highest BCUT2D eigenvalue weighted by molar-refractivity contribution is 5.94. The third-order valence-electron chi connectivity index (χ3n) is 2.58. The first-order valence-electron chi connectivity index (χ1n) is 5.75. The van der Waals surface area contributed by atoms with Gasteiger partial charge >= 0.3 is 0 Å². The molecule has 2 heterocycles. The van der Waals surface area contributed by atoms with Crippen molar-refractivity contribution in [3.05, 3.63) is 35.3 Å². The number of carbonyl (C=O) groups is 1. The highest BCUT2D eigenvalue weighted by Gasteiger charge is 2.16. The molecule has 2 rings (SSSR count). The lowest BCUT2D eigenvalue weighted by Crippen LogP contribution is -2.31. The first-order chi connectivity index (χ1) is 7.99. The largest absolute Gasteiger partial charge is 0.349 e. The molecular formula is C13H17N3O. The number of nitrogens with zero attached hydrogens (tertiary/aromatic N) is 2. The zero-order valence-electron chi connectivity index (χ0n) is 10.6. The van der Waals surface area contributed by atoms with E-state index >= 15 is 0 Å². The summed E-state index contributed by atoms with van der Waals surface area (Å²) in [5.41, 5.74) is 3.29. The van der Waals surface area contributed by atoms with E-state index in [9.17, 15) is 4.79 Å². The van der Waals surface area contributed by atoms with Crippen molar-refractivity contribution < 1.29 is 4.79 Å². The SMILES string of the molecule is Cc1ccc2nc(C)c(C(=O)NC(C)C)n2c1. The number of imidazole rings is 1. The van der Waals surface area contributed by atoms with Gasteiger partial charge in [0.2, 0.25) is 0 Å². The van der Waals surface area contributed by atoms with E-state index in [-0.39, 0.29) is 11.9 Å². The van der Waals surface area contributed by atoms with E-state index in [2.05, 4.69) is 10.3 Å². The summed E-state index contributed by atoms with van der Waals surface area (Å²) in [6.45, 7) is 7.75. The van der Waals surface area contributed by atoms with E-state index in [0.29, 0.717) is 5.69 Å². The minimum absolute atomic E-state index is 0.0735. The quantitative estimate of drug-likeness (QED) is 0.860. The number of aromatic nitrogens is 2. The predicted octanol–water partition coefficient (Wildman–Crippen LogP) is 2.09. The molecule has 0 bridgehead atoms. The summed E-state index contributed by atoms with van der Waals surface area (Å²) in [5, 5.41) is 2.90. The van der Waals surface area contributed by atoms with Crippen LogP contribution in [0.3, 0.4) is 0 Å².